The number of aromatic nitrogens is 1. The molecule has 1 aromatic heterocycles. The van der Waals surface area contributed by atoms with Gasteiger partial charge in [0.2, 0.25) is 5.91 Å². The third-order valence-corrected chi connectivity index (χ3v) is 5.11. The van der Waals surface area contributed by atoms with Crippen LogP contribution >= 0.6 is 0 Å². The van der Waals surface area contributed by atoms with Crippen LogP contribution in [0.3, 0.4) is 0 Å². The topological polar surface area (TPSA) is 43.3 Å². The number of fused-ring (bicyclic) bond motifs is 1. The van der Waals surface area contributed by atoms with Crippen LogP contribution in [0.5, 0.6) is 5.75 Å². The number of carbonyl (C=O) groups excluding carboxylic acids is 1. The van der Waals surface area contributed by atoms with E-state index in [2.05, 4.69) is 49.1 Å². The Morgan fingerprint density at radius 1 is 1.39 bits per heavy atom. The van der Waals surface area contributed by atoms with Crippen molar-refractivity contribution in [1.29, 1.82) is 0 Å². The first kappa shape index (κ1) is 15.9. The van der Waals surface area contributed by atoms with Crippen molar-refractivity contribution in [3.63, 3.8) is 0 Å². The highest BCUT2D eigenvalue weighted by Gasteiger charge is 2.29. The standard InChI is InChI=1S/C19H26N2O2/c1-19(2,12-20-18(22)13-6-5-7-13)16-11-21(3)17-9-8-14(23-4)10-15(16)17/h8-11,13H,5-7,12H2,1-4H3,(H,20,22). The minimum absolute atomic E-state index is 0.134. The van der Waals surface area contributed by atoms with Crippen molar-refractivity contribution >= 4 is 16.8 Å². The number of hydrogen-bond acceptors (Lipinski definition) is 2. The smallest absolute Gasteiger partial charge is 0.223 e. The van der Waals surface area contributed by atoms with E-state index in [9.17, 15) is 4.79 Å². The molecule has 0 aliphatic heterocycles. The van der Waals surface area contributed by atoms with Crippen molar-refractivity contribution in [2.24, 2.45) is 13.0 Å². The Bertz CT molecular complexity index is 726. The molecule has 1 fully saturated rings. The molecule has 0 atom stereocenters. The fourth-order valence-electron chi connectivity index (χ4n) is 3.26. The fourth-order valence-corrected chi connectivity index (χ4v) is 3.26. The highest BCUT2D eigenvalue weighted by molar-refractivity contribution is 5.86. The highest BCUT2D eigenvalue weighted by Crippen LogP contribution is 2.34. The number of amides is 1. The number of nitrogens with zero attached hydrogens (tertiary/aromatic N) is 1. The predicted octanol–water partition coefficient (Wildman–Crippen LogP) is 3.38. The van der Waals surface area contributed by atoms with Gasteiger partial charge in [0, 0.05) is 42.0 Å². The van der Waals surface area contributed by atoms with Gasteiger partial charge in [-0.15, -0.1) is 0 Å². The van der Waals surface area contributed by atoms with Gasteiger partial charge in [-0.25, -0.2) is 0 Å². The van der Waals surface area contributed by atoms with Crippen LogP contribution in [0.1, 0.15) is 38.7 Å². The van der Waals surface area contributed by atoms with Crippen LogP contribution in [0.25, 0.3) is 10.9 Å². The van der Waals surface area contributed by atoms with E-state index in [0.717, 1.165) is 18.6 Å². The average Bonchev–Trinajstić information content (AvgIpc) is 2.81. The van der Waals surface area contributed by atoms with Crippen LogP contribution in [0.2, 0.25) is 0 Å². The van der Waals surface area contributed by atoms with E-state index in [-0.39, 0.29) is 17.2 Å². The first-order valence-corrected chi connectivity index (χ1v) is 8.33. The summed E-state index contributed by atoms with van der Waals surface area (Å²) in [6, 6.07) is 6.15. The summed E-state index contributed by atoms with van der Waals surface area (Å²) in [5, 5.41) is 4.34. The molecule has 0 unspecified atom stereocenters. The van der Waals surface area contributed by atoms with Crippen LogP contribution in [-0.2, 0) is 17.3 Å². The molecule has 0 bridgehead atoms. The second kappa shape index (κ2) is 5.91. The zero-order valence-electron chi connectivity index (χ0n) is 14.5. The minimum Gasteiger partial charge on any atom is -0.497 e. The lowest BCUT2D eigenvalue weighted by Crippen LogP contribution is -2.41. The van der Waals surface area contributed by atoms with E-state index in [0.29, 0.717) is 6.54 Å². The molecule has 1 amide bonds. The van der Waals surface area contributed by atoms with Gasteiger partial charge in [-0.1, -0.05) is 20.3 Å². The number of ether oxygens (including phenoxy) is 1. The first-order valence-electron chi connectivity index (χ1n) is 8.33. The quantitative estimate of drug-likeness (QED) is 0.919. The molecular formula is C19H26N2O2. The van der Waals surface area contributed by atoms with E-state index in [4.69, 9.17) is 4.74 Å². The molecule has 2 aromatic rings. The molecule has 23 heavy (non-hydrogen) atoms. The molecule has 1 aromatic carbocycles. The second-order valence-corrected chi connectivity index (χ2v) is 7.27. The number of benzene rings is 1. The molecule has 124 valence electrons. The summed E-state index contributed by atoms with van der Waals surface area (Å²) in [4.78, 5) is 12.1. The molecule has 1 aliphatic carbocycles. The summed E-state index contributed by atoms with van der Waals surface area (Å²) in [5.41, 5.74) is 2.28. The lowest BCUT2D eigenvalue weighted by Gasteiger charge is -2.29. The molecule has 0 radical (unpaired) electrons. The minimum atomic E-state index is -0.134. The van der Waals surface area contributed by atoms with Crippen LogP contribution in [0, 0.1) is 5.92 Å². The Hall–Kier alpha value is -1.97. The molecule has 1 heterocycles. The number of nitrogens with one attached hydrogen (secondary N) is 1. The number of rotatable bonds is 5. The molecule has 1 N–H and O–H groups in total. The van der Waals surface area contributed by atoms with Gasteiger partial charge in [0.15, 0.2) is 0 Å². The Kier molecular flexibility index (Phi) is 4.09. The van der Waals surface area contributed by atoms with Crippen molar-refractivity contribution in [3.05, 3.63) is 30.0 Å². The molecule has 3 rings (SSSR count). The van der Waals surface area contributed by atoms with Gasteiger partial charge in [0.05, 0.1) is 7.11 Å². The second-order valence-electron chi connectivity index (χ2n) is 7.27. The average molecular weight is 314 g/mol. The van der Waals surface area contributed by atoms with Crippen LogP contribution < -0.4 is 10.1 Å². The molecular weight excluding hydrogens is 288 g/mol. The van der Waals surface area contributed by atoms with Gasteiger partial charge >= 0.3 is 0 Å². The van der Waals surface area contributed by atoms with Crippen molar-refractivity contribution in [1.82, 2.24) is 9.88 Å². The predicted molar refractivity (Wildman–Crippen MR) is 92.8 cm³/mol. The summed E-state index contributed by atoms with van der Waals surface area (Å²) in [6.45, 7) is 5.02. The molecule has 4 heteroatoms. The van der Waals surface area contributed by atoms with Gasteiger partial charge in [-0.3, -0.25) is 4.79 Å². The molecule has 0 spiro atoms. The maximum Gasteiger partial charge on any atom is 0.223 e. The molecule has 1 saturated carbocycles. The zero-order valence-corrected chi connectivity index (χ0v) is 14.5. The van der Waals surface area contributed by atoms with E-state index in [1.165, 1.54) is 22.9 Å². The third kappa shape index (κ3) is 2.94. The van der Waals surface area contributed by atoms with Crippen LogP contribution in [-0.4, -0.2) is 24.1 Å². The van der Waals surface area contributed by atoms with E-state index in [1.807, 2.05) is 6.07 Å². The Morgan fingerprint density at radius 3 is 2.74 bits per heavy atom. The molecule has 0 saturated heterocycles. The summed E-state index contributed by atoms with van der Waals surface area (Å²) in [5.74, 6) is 1.31. The summed E-state index contributed by atoms with van der Waals surface area (Å²) >= 11 is 0. The zero-order chi connectivity index (χ0) is 16.6. The molecule has 4 nitrogen and oxygen atoms in total. The fraction of sp³-hybridized carbons (Fsp3) is 0.526. The number of carbonyl (C=O) groups is 1. The van der Waals surface area contributed by atoms with Crippen molar-refractivity contribution < 1.29 is 9.53 Å². The summed E-state index contributed by atoms with van der Waals surface area (Å²) in [7, 11) is 3.75. The van der Waals surface area contributed by atoms with Crippen molar-refractivity contribution in [3.8, 4) is 5.75 Å². The van der Waals surface area contributed by atoms with Crippen molar-refractivity contribution in [2.45, 2.75) is 38.5 Å². The van der Waals surface area contributed by atoms with E-state index >= 15 is 0 Å². The monoisotopic (exact) mass is 314 g/mol. The Balaban J connectivity index is 1.86. The maximum absolute atomic E-state index is 12.1. The number of aryl methyl sites for hydroxylation is 1. The van der Waals surface area contributed by atoms with Crippen molar-refractivity contribution in [2.75, 3.05) is 13.7 Å². The normalized spacial score (nSPS) is 15.5. The largest absolute Gasteiger partial charge is 0.497 e. The Labute approximate surface area is 137 Å². The van der Waals surface area contributed by atoms with Gasteiger partial charge in [-0.05, 0) is 36.6 Å². The first-order chi connectivity index (χ1) is 10.9. The van der Waals surface area contributed by atoms with Gasteiger partial charge in [-0.2, -0.15) is 0 Å². The van der Waals surface area contributed by atoms with Gasteiger partial charge < -0.3 is 14.6 Å². The van der Waals surface area contributed by atoms with Gasteiger partial charge in [0.1, 0.15) is 5.75 Å². The van der Waals surface area contributed by atoms with E-state index < -0.39 is 0 Å². The summed E-state index contributed by atoms with van der Waals surface area (Å²) < 4.78 is 7.51. The van der Waals surface area contributed by atoms with Gasteiger partial charge in [0.25, 0.3) is 0 Å². The maximum atomic E-state index is 12.1. The number of hydrogen-bond donors (Lipinski definition) is 1. The highest BCUT2D eigenvalue weighted by atomic mass is 16.5. The lowest BCUT2D eigenvalue weighted by atomic mass is 9.82. The third-order valence-electron chi connectivity index (χ3n) is 5.11. The Morgan fingerprint density at radius 2 is 2.13 bits per heavy atom. The number of methoxy groups -OCH3 is 1. The van der Waals surface area contributed by atoms with Crippen LogP contribution in [0.15, 0.2) is 24.4 Å². The van der Waals surface area contributed by atoms with E-state index in [1.54, 1.807) is 7.11 Å². The lowest BCUT2D eigenvalue weighted by molar-refractivity contribution is -0.127. The molecule has 1 aliphatic rings. The summed E-state index contributed by atoms with van der Waals surface area (Å²) in [6.07, 6.45) is 5.43. The SMILES string of the molecule is COc1ccc2c(c1)c(C(C)(C)CNC(=O)C1CCC1)cn2C. The van der Waals surface area contributed by atoms with Crippen LogP contribution in [0.4, 0.5) is 0 Å².